The number of morpholine rings is 1. The van der Waals surface area contributed by atoms with Crippen LogP contribution in [0.4, 0.5) is 5.82 Å². The first-order valence-electron chi connectivity index (χ1n) is 7.00. The summed E-state index contributed by atoms with van der Waals surface area (Å²) in [5.41, 5.74) is 2.37. The molecule has 3 rings (SSSR count). The highest BCUT2D eigenvalue weighted by molar-refractivity contribution is 5.91. The van der Waals surface area contributed by atoms with Crippen molar-refractivity contribution in [3.05, 3.63) is 11.3 Å². The number of amides is 1. The highest BCUT2D eigenvalue weighted by Crippen LogP contribution is 2.25. The molecule has 3 N–H and O–H groups in total. The minimum atomic E-state index is 0.00266. The fourth-order valence-corrected chi connectivity index (χ4v) is 2.74. The molecule has 2 aliphatic rings. The lowest BCUT2D eigenvalue weighted by atomic mass is 9.97. The van der Waals surface area contributed by atoms with Gasteiger partial charge >= 0.3 is 0 Å². The predicted octanol–water partition coefficient (Wildman–Crippen LogP) is 0.605. The van der Waals surface area contributed by atoms with Crippen molar-refractivity contribution in [2.45, 2.75) is 38.1 Å². The maximum Gasteiger partial charge on any atom is 0.227 e. The Morgan fingerprint density at radius 3 is 3.16 bits per heavy atom. The van der Waals surface area contributed by atoms with Crippen molar-refractivity contribution in [2.24, 2.45) is 0 Å². The molecule has 6 nitrogen and oxygen atoms in total. The summed E-state index contributed by atoms with van der Waals surface area (Å²) >= 11 is 0. The Morgan fingerprint density at radius 1 is 1.42 bits per heavy atom. The normalized spacial score (nSPS) is 22.8. The second kappa shape index (κ2) is 5.71. The Balaban J connectivity index is 1.58. The SMILES string of the molecule is O=C(CC1COCCN1)Nc1n[nH]c2c1CCCC2. The molecular weight excluding hydrogens is 244 g/mol. The average molecular weight is 264 g/mol. The third-order valence-electron chi connectivity index (χ3n) is 3.74. The van der Waals surface area contributed by atoms with Gasteiger partial charge in [0.05, 0.1) is 13.2 Å². The second-order valence-corrected chi connectivity index (χ2v) is 5.21. The van der Waals surface area contributed by atoms with Crippen LogP contribution >= 0.6 is 0 Å². The molecule has 0 aromatic carbocycles. The zero-order chi connectivity index (χ0) is 13.1. The van der Waals surface area contributed by atoms with Gasteiger partial charge in [0.15, 0.2) is 5.82 Å². The number of nitrogens with zero attached hydrogens (tertiary/aromatic N) is 1. The van der Waals surface area contributed by atoms with Crippen LogP contribution in [-0.2, 0) is 22.4 Å². The summed E-state index contributed by atoms with van der Waals surface area (Å²) in [5.74, 6) is 0.722. The van der Waals surface area contributed by atoms with Gasteiger partial charge in [0.2, 0.25) is 5.91 Å². The van der Waals surface area contributed by atoms with E-state index in [-0.39, 0.29) is 11.9 Å². The number of aromatic amines is 1. The maximum absolute atomic E-state index is 12.0. The molecule has 0 saturated carbocycles. The number of aromatic nitrogens is 2. The third-order valence-corrected chi connectivity index (χ3v) is 3.74. The Labute approximate surface area is 112 Å². The van der Waals surface area contributed by atoms with Gasteiger partial charge in [-0.3, -0.25) is 9.89 Å². The third kappa shape index (κ3) is 2.96. The molecule has 0 bridgehead atoms. The number of rotatable bonds is 3. The lowest BCUT2D eigenvalue weighted by Crippen LogP contribution is -2.43. The number of ether oxygens (including phenoxy) is 1. The van der Waals surface area contributed by atoms with Gasteiger partial charge < -0.3 is 15.4 Å². The number of hydrogen-bond acceptors (Lipinski definition) is 4. The van der Waals surface area contributed by atoms with Gasteiger partial charge in [0, 0.05) is 30.3 Å². The highest BCUT2D eigenvalue weighted by atomic mass is 16.5. The first-order valence-corrected chi connectivity index (χ1v) is 7.00. The molecule has 1 amide bonds. The molecule has 1 atom stereocenters. The van der Waals surface area contributed by atoms with E-state index in [1.165, 1.54) is 24.1 Å². The average Bonchev–Trinajstić information content (AvgIpc) is 2.83. The maximum atomic E-state index is 12.0. The predicted molar refractivity (Wildman–Crippen MR) is 71.1 cm³/mol. The van der Waals surface area contributed by atoms with Gasteiger partial charge in [0.25, 0.3) is 0 Å². The Hall–Kier alpha value is -1.40. The van der Waals surface area contributed by atoms with Crippen molar-refractivity contribution >= 4 is 11.7 Å². The van der Waals surface area contributed by atoms with E-state index >= 15 is 0 Å². The van der Waals surface area contributed by atoms with Crippen LogP contribution in [0.15, 0.2) is 0 Å². The van der Waals surface area contributed by atoms with Crippen molar-refractivity contribution in [3.63, 3.8) is 0 Å². The van der Waals surface area contributed by atoms with Crippen LogP contribution in [0.3, 0.4) is 0 Å². The Bertz CT molecular complexity index is 451. The Morgan fingerprint density at radius 2 is 2.32 bits per heavy atom. The molecule has 1 aromatic heterocycles. The lowest BCUT2D eigenvalue weighted by Gasteiger charge is -2.23. The molecule has 1 unspecified atom stereocenters. The second-order valence-electron chi connectivity index (χ2n) is 5.21. The van der Waals surface area contributed by atoms with E-state index in [1.807, 2.05) is 0 Å². The van der Waals surface area contributed by atoms with Gasteiger partial charge in [-0.25, -0.2) is 0 Å². The zero-order valence-corrected chi connectivity index (χ0v) is 11.0. The van der Waals surface area contributed by atoms with Crippen molar-refractivity contribution in [1.29, 1.82) is 0 Å². The van der Waals surface area contributed by atoms with Crippen LogP contribution in [0, 0.1) is 0 Å². The number of H-pyrrole nitrogens is 1. The number of nitrogens with one attached hydrogen (secondary N) is 3. The van der Waals surface area contributed by atoms with Gasteiger partial charge in [-0.05, 0) is 25.7 Å². The lowest BCUT2D eigenvalue weighted by molar-refractivity contribution is -0.117. The van der Waals surface area contributed by atoms with E-state index in [1.54, 1.807) is 0 Å². The van der Waals surface area contributed by atoms with Gasteiger partial charge in [-0.1, -0.05) is 0 Å². The summed E-state index contributed by atoms with van der Waals surface area (Å²) in [7, 11) is 0. The highest BCUT2D eigenvalue weighted by Gasteiger charge is 2.21. The molecule has 0 spiro atoms. The van der Waals surface area contributed by atoms with E-state index in [0.29, 0.717) is 13.0 Å². The van der Waals surface area contributed by atoms with E-state index in [9.17, 15) is 4.79 Å². The fourth-order valence-electron chi connectivity index (χ4n) is 2.74. The summed E-state index contributed by atoms with van der Waals surface area (Å²) in [6.45, 7) is 2.15. The standard InChI is InChI=1S/C13H20N4O2/c18-12(7-9-8-19-6-5-14-9)15-13-10-3-1-2-4-11(10)16-17-13/h9,14H,1-8H2,(H2,15,16,17,18). The number of aryl methyl sites for hydroxylation is 1. The van der Waals surface area contributed by atoms with Gasteiger partial charge in [-0.15, -0.1) is 0 Å². The molecule has 2 heterocycles. The number of anilines is 1. The van der Waals surface area contributed by atoms with Crippen molar-refractivity contribution in [2.75, 3.05) is 25.1 Å². The van der Waals surface area contributed by atoms with E-state index in [4.69, 9.17) is 4.74 Å². The van der Waals surface area contributed by atoms with Crippen molar-refractivity contribution < 1.29 is 9.53 Å². The summed E-state index contributed by atoms with van der Waals surface area (Å²) in [6, 6.07) is 0.114. The van der Waals surface area contributed by atoms with Crippen molar-refractivity contribution in [1.82, 2.24) is 15.5 Å². The van der Waals surface area contributed by atoms with Crippen LogP contribution in [0.2, 0.25) is 0 Å². The summed E-state index contributed by atoms with van der Waals surface area (Å²) < 4.78 is 5.34. The summed E-state index contributed by atoms with van der Waals surface area (Å²) in [6.07, 6.45) is 4.85. The first-order chi connectivity index (χ1) is 9.33. The minimum absolute atomic E-state index is 0.00266. The molecule has 1 aromatic rings. The number of fused-ring (bicyclic) bond motifs is 1. The first kappa shape index (κ1) is 12.6. The van der Waals surface area contributed by atoms with Crippen LogP contribution in [0.1, 0.15) is 30.5 Å². The number of carbonyl (C=O) groups excluding carboxylic acids is 1. The number of carbonyl (C=O) groups is 1. The van der Waals surface area contributed by atoms with Gasteiger partial charge in [-0.2, -0.15) is 5.10 Å². The fraction of sp³-hybridized carbons (Fsp3) is 0.692. The molecule has 1 saturated heterocycles. The smallest absolute Gasteiger partial charge is 0.227 e. The molecule has 0 radical (unpaired) electrons. The largest absolute Gasteiger partial charge is 0.378 e. The monoisotopic (exact) mass is 264 g/mol. The van der Waals surface area contributed by atoms with Gasteiger partial charge in [0.1, 0.15) is 0 Å². The molecule has 1 aliphatic heterocycles. The Kier molecular flexibility index (Phi) is 3.79. The van der Waals surface area contributed by atoms with E-state index < -0.39 is 0 Å². The summed E-state index contributed by atoms with van der Waals surface area (Å²) in [4.78, 5) is 12.0. The van der Waals surface area contributed by atoms with Crippen LogP contribution in [0.25, 0.3) is 0 Å². The molecule has 1 fully saturated rings. The van der Waals surface area contributed by atoms with Crippen LogP contribution < -0.4 is 10.6 Å². The van der Waals surface area contributed by atoms with E-state index in [0.717, 1.165) is 31.8 Å². The molecular formula is C13H20N4O2. The van der Waals surface area contributed by atoms with E-state index in [2.05, 4.69) is 20.8 Å². The minimum Gasteiger partial charge on any atom is -0.378 e. The molecule has 1 aliphatic carbocycles. The van der Waals surface area contributed by atoms with Crippen LogP contribution in [-0.4, -0.2) is 41.9 Å². The molecule has 6 heteroatoms. The van der Waals surface area contributed by atoms with Crippen molar-refractivity contribution in [3.8, 4) is 0 Å². The molecule has 19 heavy (non-hydrogen) atoms. The number of hydrogen-bond donors (Lipinski definition) is 3. The summed E-state index contributed by atoms with van der Waals surface area (Å²) in [5, 5.41) is 13.5. The zero-order valence-electron chi connectivity index (χ0n) is 11.0. The quantitative estimate of drug-likeness (QED) is 0.747. The van der Waals surface area contributed by atoms with Crippen LogP contribution in [0.5, 0.6) is 0 Å². The topological polar surface area (TPSA) is 79.0 Å². The molecule has 104 valence electrons.